The van der Waals surface area contributed by atoms with Gasteiger partial charge in [-0.3, -0.25) is 0 Å². The van der Waals surface area contributed by atoms with Crippen molar-refractivity contribution in [3.05, 3.63) is 0 Å². The van der Waals surface area contributed by atoms with Crippen LogP contribution >= 0.6 is 0 Å². The summed E-state index contributed by atoms with van der Waals surface area (Å²) in [5.74, 6) is -4.44. The maximum atomic E-state index is 10.7. The number of carboxylic acid groups (broad SMARTS) is 3. The van der Waals surface area contributed by atoms with Crippen molar-refractivity contribution < 1.29 is 33.2 Å². The molecule has 0 saturated heterocycles. The molecular formula is C6H7GaO7. The average molecular weight is 261 g/mol. The number of rotatable bonds is 6. The Hall–Kier alpha value is -0.994. The molecule has 0 aliphatic rings. The molecule has 0 aromatic heterocycles. The van der Waals surface area contributed by atoms with Crippen molar-refractivity contribution in [1.29, 1.82) is 0 Å². The SMILES string of the molecule is O=C(O)CC(CC(=O)O)([O][Ga])C(=O)O. The van der Waals surface area contributed by atoms with Gasteiger partial charge in [-0.15, -0.1) is 0 Å². The van der Waals surface area contributed by atoms with Crippen molar-refractivity contribution in [3.8, 4) is 0 Å². The molecule has 0 aliphatic carbocycles. The van der Waals surface area contributed by atoms with E-state index >= 15 is 0 Å². The molecule has 0 bridgehead atoms. The van der Waals surface area contributed by atoms with Gasteiger partial charge in [0.1, 0.15) is 0 Å². The van der Waals surface area contributed by atoms with Crippen LogP contribution in [-0.2, 0) is 17.9 Å². The Kier molecular flexibility index (Phi) is 4.67. The monoisotopic (exact) mass is 260 g/mol. The first-order valence-corrected chi connectivity index (χ1v) is 4.38. The average Bonchev–Trinajstić information content (AvgIpc) is 2.00. The summed E-state index contributed by atoms with van der Waals surface area (Å²) >= 11 is 0.503. The van der Waals surface area contributed by atoms with E-state index in [9.17, 15) is 14.4 Å². The Balaban J connectivity index is 4.87. The molecule has 0 fully saturated rings. The van der Waals surface area contributed by atoms with E-state index in [2.05, 4.69) is 3.53 Å². The molecule has 14 heavy (non-hydrogen) atoms. The van der Waals surface area contributed by atoms with Gasteiger partial charge in [-0.05, 0) is 0 Å². The summed E-state index contributed by atoms with van der Waals surface area (Å²) in [7, 11) is 0. The van der Waals surface area contributed by atoms with Gasteiger partial charge in [0.25, 0.3) is 0 Å². The zero-order chi connectivity index (χ0) is 11.4. The van der Waals surface area contributed by atoms with Crippen LogP contribution in [0.2, 0.25) is 0 Å². The van der Waals surface area contributed by atoms with Crippen LogP contribution in [0.3, 0.4) is 0 Å². The molecule has 7 nitrogen and oxygen atoms in total. The van der Waals surface area contributed by atoms with Gasteiger partial charge in [0.15, 0.2) is 0 Å². The summed E-state index contributed by atoms with van der Waals surface area (Å²) < 4.78 is 4.52. The molecule has 76 valence electrons. The minimum atomic E-state index is -2.17. The van der Waals surface area contributed by atoms with Crippen molar-refractivity contribution in [1.82, 2.24) is 0 Å². The molecule has 0 aliphatic heterocycles. The van der Waals surface area contributed by atoms with Crippen molar-refractivity contribution in [3.63, 3.8) is 0 Å². The van der Waals surface area contributed by atoms with E-state index in [-0.39, 0.29) is 0 Å². The van der Waals surface area contributed by atoms with E-state index in [1.807, 2.05) is 0 Å². The summed E-state index contributed by atoms with van der Waals surface area (Å²) in [5, 5.41) is 25.5. The first-order valence-electron chi connectivity index (χ1n) is 3.39. The quantitative estimate of drug-likeness (QED) is 0.516. The van der Waals surface area contributed by atoms with Crippen LogP contribution in [0.1, 0.15) is 12.8 Å². The van der Waals surface area contributed by atoms with Crippen LogP contribution < -0.4 is 0 Å². The van der Waals surface area contributed by atoms with Crippen LogP contribution in [0, 0.1) is 0 Å². The van der Waals surface area contributed by atoms with E-state index in [0.717, 1.165) is 0 Å². The summed E-state index contributed by atoms with van der Waals surface area (Å²) in [4.78, 5) is 31.3. The second-order valence-electron chi connectivity index (χ2n) is 2.56. The predicted molar refractivity (Wildman–Crippen MR) is 41.7 cm³/mol. The second kappa shape index (κ2) is 5.03. The molecule has 0 amide bonds. The van der Waals surface area contributed by atoms with Crippen LogP contribution in [-0.4, -0.2) is 57.8 Å². The van der Waals surface area contributed by atoms with Crippen molar-refractivity contribution in [2.75, 3.05) is 0 Å². The van der Waals surface area contributed by atoms with Crippen LogP contribution in [0.5, 0.6) is 0 Å². The molecule has 8 heteroatoms. The molecule has 0 heterocycles. The molecular weight excluding hydrogens is 254 g/mol. The second-order valence-corrected chi connectivity index (χ2v) is 3.05. The summed E-state index contributed by atoms with van der Waals surface area (Å²) in [6.07, 6.45) is -1.76. The Morgan fingerprint density at radius 2 is 1.43 bits per heavy atom. The van der Waals surface area contributed by atoms with Gasteiger partial charge in [0, 0.05) is 0 Å². The van der Waals surface area contributed by atoms with Crippen LogP contribution in [0.4, 0.5) is 0 Å². The van der Waals surface area contributed by atoms with Gasteiger partial charge in [-0.25, -0.2) is 0 Å². The fourth-order valence-corrected chi connectivity index (χ4v) is 1.40. The fraction of sp³-hybridized carbons (Fsp3) is 0.500. The third kappa shape index (κ3) is 3.40. The number of carboxylic acids is 3. The van der Waals surface area contributed by atoms with Crippen molar-refractivity contribution >= 4 is 36.9 Å². The molecule has 0 atom stereocenters. The van der Waals surface area contributed by atoms with Crippen LogP contribution in [0.15, 0.2) is 0 Å². The number of hydrogen-bond donors (Lipinski definition) is 3. The minimum absolute atomic E-state index is 0.503. The predicted octanol–water partition coefficient (Wildman–Crippen LogP) is -1.14. The normalized spacial score (nSPS) is 10.9. The third-order valence-corrected chi connectivity index (χ3v) is 2.44. The number of hydrogen-bond acceptors (Lipinski definition) is 4. The molecule has 0 aromatic carbocycles. The number of carbonyl (C=O) groups is 3. The Morgan fingerprint density at radius 1 is 1.07 bits per heavy atom. The van der Waals surface area contributed by atoms with E-state index in [4.69, 9.17) is 15.3 Å². The Bertz CT molecular complexity index is 245. The van der Waals surface area contributed by atoms with Crippen molar-refractivity contribution in [2.24, 2.45) is 0 Å². The molecule has 0 spiro atoms. The molecule has 0 aromatic rings. The van der Waals surface area contributed by atoms with E-state index in [0.29, 0.717) is 19.0 Å². The third-order valence-electron chi connectivity index (χ3n) is 1.49. The van der Waals surface area contributed by atoms with Crippen molar-refractivity contribution in [2.45, 2.75) is 18.4 Å². The molecule has 3 N–H and O–H groups in total. The maximum absolute atomic E-state index is 10.7. The molecule has 0 unspecified atom stereocenters. The van der Waals surface area contributed by atoms with E-state index in [1.165, 1.54) is 0 Å². The van der Waals surface area contributed by atoms with Crippen LogP contribution in [0.25, 0.3) is 0 Å². The Morgan fingerprint density at radius 3 is 1.57 bits per heavy atom. The topological polar surface area (TPSA) is 121 Å². The molecule has 0 saturated carbocycles. The van der Waals surface area contributed by atoms with Gasteiger partial charge in [-0.1, -0.05) is 0 Å². The molecule has 0 rings (SSSR count). The fourth-order valence-electron chi connectivity index (χ4n) is 0.836. The van der Waals surface area contributed by atoms with Gasteiger partial charge in [-0.2, -0.15) is 0 Å². The first-order chi connectivity index (χ1) is 6.34. The number of aliphatic carboxylic acids is 3. The zero-order valence-electron chi connectivity index (χ0n) is 6.97. The summed E-state index contributed by atoms with van der Waals surface area (Å²) in [6, 6.07) is 0. The summed E-state index contributed by atoms with van der Waals surface area (Å²) in [5.41, 5.74) is -2.17. The molecule has 2 radical (unpaired) electrons. The van der Waals surface area contributed by atoms with Gasteiger partial charge >= 0.3 is 88.5 Å². The first kappa shape index (κ1) is 13.0. The standard InChI is InChI=1S/C6H7O7.Ga/c7-3(8)1-6(13,5(11)12)2-4(9)10;/h1-2H2,(H,7,8)(H,9,10)(H,11,12);/q-1;+1. The van der Waals surface area contributed by atoms with E-state index in [1.54, 1.807) is 0 Å². The zero-order valence-corrected chi connectivity index (χ0v) is 9.39. The summed E-state index contributed by atoms with van der Waals surface area (Å²) in [6.45, 7) is 0. The van der Waals surface area contributed by atoms with Gasteiger partial charge < -0.3 is 0 Å². The Labute approximate surface area is 89.0 Å². The van der Waals surface area contributed by atoms with Gasteiger partial charge in [0.2, 0.25) is 0 Å². The van der Waals surface area contributed by atoms with Gasteiger partial charge in [0.05, 0.1) is 0 Å². The van der Waals surface area contributed by atoms with E-state index < -0.39 is 36.4 Å².